The van der Waals surface area contributed by atoms with E-state index in [1.807, 2.05) is 35.2 Å². The second-order valence-corrected chi connectivity index (χ2v) is 6.08. The zero-order valence-electron chi connectivity index (χ0n) is 12.7. The van der Waals surface area contributed by atoms with Gasteiger partial charge in [-0.1, -0.05) is 35.9 Å². The van der Waals surface area contributed by atoms with Crippen molar-refractivity contribution >= 4 is 17.5 Å². The van der Waals surface area contributed by atoms with Crippen LogP contribution in [0.1, 0.15) is 15.9 Å². The maximum absolute atomic E-state index is 13.1. The largest absolute Gasteiger partial charge is 0.336 e. The summed E-state index contributed by atoms with van der Waals surface area (Å²) in [7, 11) is 0. The Kier molecular flexibility index (Phi) is 4.94. The van der Waals surface area contributed by atoms with Gasteiger partial charge in [0.05, 0.1) is 0 Å². The fraction of sp³-hybridized carbons (Fsp3) is 0.278. The molecule has 0 saturated carbocycles. The number of halogens is 2. The standard InChI is InChI=1S/C18H18ClFN2O/c19-17-12-16(20)7-6-15(17)13-21-8-10-22(11-9-21)18(23)14-4-2-1-3-5-14/h1-7,12H,8-11,13H2. The number of benzene rings is 2. The Bertz CT molecular complexity index is 685. The molecule has 0 spiro atoms. The van der Waals surface area contributed by atoms with E-state index in [9.17, 15) is 9.18 Å². The van der Waals surface area contributed by atoms with Gasteiger partial charge in [0.25, 0.3) is 5.91 Å². The van der Waals surface area contributed by atoms with Gasteiger partial charge in [0.15, 0.2) is 0 Å². The lowest BCUT2D eigenvalue weighted by atomic mass is 10.1. The highest BCUT2D eigenvalue weighted by Crippen LogP contribution is 2.20. The number of hydrogen-bond donors (Lipinski definition) is 0. The van der Waals surface area contributed by atoms with Crippen LogP contribution in [0.15, 0.2) is 48.5 Å². The molecule has 3 nitrogen and oxygen atoms in total. The SMILES string of the molecule is O=C(c1ccccc1)N1CCN(Cc2ccc(F)cc2Cl)CC1. The van der Waals surface area contributed by atoms with Gasteiger partial charge in [-0.2, -0.15) is 0 Å². The molecule has 1 amide bonds. The maximum Gasteiger partial charge on any atom is 0.253 e. The van der Waals surface area contributed by atoms with E-state index in [0.29, 0.717) is 24.7 Å². The first-order valence-electron chi connectivity index (χ1n) is 7.64. The molecule has 23 heavy (non-hydrogen) atoms. The third-order valence-corrected chi connectivity index (χ3v) is 4.44. The highest BCUT2D eigenvalue weighted by Gasteiger charge is 2.22. The summed E-state index contributed by atoms with van der Waals surface area (Å²) in [5.41, 5.74) is 1.64. The van der Waals surface area contributed by atoms with Gasteiger partial charge in [-0.25, -0.2) is 4.39 Å². The highest BCUT2D eigenvalue weighted by atomic mass is 35.5. The Labute approximate surface area is 140 Å². The third kappa shape index (κ3) is 3.89. The van der Waals surface area contributed by atoms with Crippen LogP contribution < -0.4 is 0 Å². The van der Waals surface area contributed by atoms with Crippen LogP contribution in [0.2, 0.25) is 5.02 Å². The molecule has 1 saturated heterocycles. The molecule has 2 aromatic carbocycles. The Balaban J connectivity index is 1.57. The summed E-state index contributed by atoms with van der Waals surface area (Å²) < 4.78 is 13.1. The molecule has 1 fully saturated rings. The molecule has 1 aliphatic heterocycles. The number of nitrogens with zero attached hydrogens (tertiary/aromatic N) is 2. The van der Waals surface area contributed by atoms with Gasteiger partial charge in [-0.05, 0) is 29.8 Å². The van der Waals surface area contributed by atoms with Gasteiger partial charge < -0.3 is 4.90 Å². The Morgan fingerprint density at radius 2 is 1.74 bits per heavy atom. The Morgan fingerprint density at radius 1 is 1.04 bits per heavy atom. The van der Waals surface area contributed by atoms with Crippen LogP contribution >= 0.6 is 11.6 Å². The molecule has 3 rings (SSSR count). The van der Waals surface area contributed by atoms with Gasteiger partial charge in [-0.15, -0.1) is 0 Å². The van der Waals surface area contributed by atoms with Crippen molar-refractivity contribution in [1.82, 2.24) is 9.80 Å². The number of carbonyl (C=O) groups excluding carboxylic acids is 1. The van der Waals surface area contributed by atoms with E-state index in [4.69, 9.17) is 11.6 Å². The lowest BCUT2D eigenvalue weighted by Gasteiger charge is -2.35. The van der Waals surface area contributed by atoms with Crippen molar-refractivity contribution in [1.29, 1.82) is 0 Å². The topological polar surface area (TPSA) is 23.6 Å². The molecule has 0 unspecified atom stereocenters. The van der Waals surface area contributed by atoms with Gasteiger partial charge in [0.2, 0.25) is 0 Å². The molecule has 0 bridgehead atoms. The van der Waals surface area contributed by atoms with E-state index in [1.165, 1.54) is 12.1 Å². The summed E-state index contributed by atoms with van der Waals surface area (Å²) in [6.07, 6.45) is 0. The summed E-state index contributed by atoms with van der Waals surface area (Å²) in [6, 6.07) is 13.8. The molecular formula is C18H18ClFN2O. The van der Waals surface area contributed by atoms with Gasteiger partial charge in [-0.3, -0.25) is 9.69 Å². The summed E-state index contributed by atoms with van der Waals surface area (Å²) in [4.78, 5) is 16.5. The summed E-state index contributed by atoms with van der Waals surface area (Å²) in [5.74, 6) is -0.248. The first-order chi connectivity index (χ1) is 11.1. The average Bonchev–Trinajstić information content (AvgIpc) is 2.58. The van der Waals surface area contributed by atoms with Gasteiger partial charge in [0.1, 0.15) is 5.82 Å². The summed E-state index contributed by atoms with van der Waals surface area (Å²) >= 11 is 6.08. The van der Waals surface area contributed by atoms with Crippen LogP contribution in [0.5, 0.6) is 0 Å². The molecule has 0 atom stereocenters. The van der Waals surface area contributed by atoms with Crippen molar-refractivity contribution in [2.45, 2.75) is 6.54 Å². The van der Waals surface area contributed by atoms with E-state index < -0.39 is 0 Å². The molecule has 120 valence electrons. The van der Waals surface area contributed by atoms with Crippen LogP contribution in [0, 0.1) is 5.82 Å². The van der Waals surface area contributed by atoms with Crippen LogP contribution in [0.3, 0.4) is 0 Å². The second kappa shape index (κ2) is 7.11. The Hall–Kier alpha value is -1.91. The number of piperazine rings is 1. The van der Waals surface area contributed by atoms with Crippen molar-refractivity contribution in [2.24, 2.45) is 0 Å². The number of rotatable bonds is 3. The zero-order valence-corrected chi connectivity index (χ0v) is 13.5. The minimum Gasteiger partial charge on any atom is -0.336 e. The molecule has 0 aliphatic carbocycles. The number of carbonyl (C=O) groups is 1. The highest BCUT2D eigenvalue weighted by molar-refractivity contribution is 6.31. The monoisotopic (exact) mass is 332 g/mol. The van der Waals surface area contributed by atoms with Gasteiger partial charge in [0, 0.05) is 43.3 Å². The minimum atomic E-state index is -0.322. The molecule has 0 radical (unpaired) electrons. The molecule has 1 aliphatic rings. The quantitative estimate of drug-likeness (QED) is 0.859. The molecule has 0 aromatic heterocycles. The van der Waals surface area contributed by atoms with Gasteiger partial charge >= 0.3 is 0 Å². The van der Waals surface area contributed by atoms with E-state index in [1.54, 1.807) is 6.07 Å². The predicted octanol–water partition coefficient (Wildman–Crippen LogP) is 3.44. The lowest BCUT2D eigenvalue weighted by Crippen LogP contribution is -2.48. The predicted molar refractivity (Wildman–Crippen MR) is 89.0 cm³/mol. The van der Waals surface area contributed by atoms with Crippen LogP contribution in [-0.4, -0.2) is 41.9 Å². The average molecular weight is 333 g/mol. The first-order valence-corrected chi connectivity index (χ1v) is 8.02. The van der Waals surface area contributed by atoms with E-state index >= 15 is 0 Å². The molecule has 1 heterocycles. The van der Waals surface area contributed by atoms with E-state index in [-0.39, 0.29) is 11.7 Å². The fourth-order valence-corrected chi connectivity index (χ4v) is 2.99. The summed E-state index contributed by atoms with van der Waals surface area (Å²) in [6.45, 7) is 3.62. The zero-order chi connectivity index (χ0) is 16.2. The van der Waals surface area contributed by atoms with Crippen molar-refractivity contribution in [3.05, 3.63) is 70.5 Å². The number of hydrogen-bond acceptors (Lipinski definition) is 2. The number of amides is 1. The molecule has 2 aromatic rings. The molecule has 5 heteroatoms. The van der Waals surface area contributed by atoms with Crippen LogP contribution in [0.25, 0.3) is 0 Å². The van der Waals surface area contributed by atoms with E-state index in [2.05, 4.69) is 4.90 Å². The molecular weight excluding hydrogens is 315 g/mol. The Morgan fingerprint density at radius 3 is 2.39 bits per heavy atom. The molecule has 0 N–H and O–H groups in total. The second-order valence-electron chi connectivity index (χ2n) is 5.67. The lowest BCUT2D eigenvalue weighted by molar-refractivity contribution is 0.0628. The van der Waals surface area contributed by atoms with Crippen LogP contribution in [0.4, 0.5) is 4.39 Å². The van der Waals surface area contributed by atoms with Crippen LogP contribution in [-0.2, 0) is 6.54 Å². The van der Waals surface area contributed by atoms with Crippen molar-refractivity contribution in [3.63, 3.8) is 0 Å². The van der Waals surface area contributed by atoms with E-state index in [0.717, 1.165) is 24.2 Å². The van der Waals surface area contributed by atoms with Crippen molar-refractivity contribution in [2.75, 3.05) is 26.2 Å². The minimum absolute atomic E-state index is 0.0741. The maximum atomic E-state index is 13.1. The van der Waals surface area contributed by atoms with Crippen molar-refractivity contribution < 1.29 is 9.18 Å². The third-order valence-electron chi connectivity index (χ3n) is 4.09. The fourth-order valence-electron chi connectivity index (χ4n) is 2.76. The summed E-state index contributed by atoms with van der Waals surface area (Å²) in [5, 5.41) is 0.452. The normalized spacial score (nSPS) is 15.7. The van der Waals surface area contributed by atoms with Crippen molar-refractivity contribution in [3.8, 4) is 0 Å². The first kappa shape index (κ1) is 16.0. The smallest absolute Gasteiger partial charge is 0.253 e.